The van der Waals surface area contributed by atoms with Gasteiger partial charge in [0.15, 0.2) is 0 Å². The number of hydrogen-bond acceptors (Lipinski definition) is 5. The van der Waals surface area contributed by atoms with Gasteiger partial charge in [-0.3, -0.25) is 19.5 Å². The summed E-state index contributed by atoms with van der Waals surface area (Å²) in [4.78, 5) is 33.3. The highest BCUT2D eigenvalue weighted by Gasteiger charge is 2.44. The molecule has 10 heteroatoms. The Bertz CT molecular complexity index is 737. The van der Waals surface area contributed by atoms with Crippen molar-refractivity contribution in [2.45, 2.75) is 69.9 Å². The molecule has 2 amide bonds. The van der Waals surface area contributed by atoms with Gasteiger partial charge in [0.1, 0.15) is 18.4 Å². The number of carbonyl (C=O) groups is 2. The number of alkyl halides is 3. The fourth-order valence-corrected chi connectivity index (χ4v) is 5.01. The lowest BCUT2D eigenvalue weighted by atomic mass is 9.78. The smallest absolute Gasteiger partial charge is 0.339 e. The molecular formula is C21H32F3N5O2. The molecule has 0 radical (unpaired) electrons. The summed E-state index contributed by atoms with van der Waals surface area (Å²) in [6.45, 7) is 1.99. The van der Waals surface area contributed by atoms with Crippen LogP contribution in [0.15, 0.2) is 16.8 Å². The van der Waals surface area contributed by atoms with E-state index in [4.69, 9.17) is 0 Å². The first-order valence-electron chi connectivity index (χ1n) is 11.0. The molecule has 2 aliphatic heterocycles. The van der Waals surface area contributed by atoms with Crippen molar-refractivity contribution in [3.63, 3.8) is 0 Å². The SMILES string of the molecule is CCC[C@@H]1C[C@H](N(C)C)CC[C@@H]1N1CC[C@H](NC(=O)C2=CC=NCN2C(F)(F)F)C1=O. The molecule has 4 atom stereocenters. The molecule has 0 aromatic carbocycles. The van der Waals surface area contributed by atoms with Crippen molar-refractivity contribution < 1.29 is 22.8 Å². The van der Waals surface area contributed by atoms with Crippen molar-refractivity contribution in [1.82, 2.24) is 20.0 Å². The first kappa shape index (κ1) is 23.6. The zero-order chi connectivity index (χ0) is 22.8. The van der Waals surface area contributed by atoms with E-state index in [1.54, 1.807) is 0 Å². The summed E-state index contributed by atoms with van der Waals surface area (Å²) < 4.78 is 39.6. The number of allylic oxidation sites excluding steroid dienone is 1. The molecule has 31 heavy (non-hydrogen) atoms. The van der Waals surface area contributed by atoms with Gasteiger partial charge in [0.25, 0.3) is 5.91 Å². The molecular weight excluding hydrogens is 411 g/mol. The lowest BCUT2D eigenvalue weighted by Crippen LogP contribution is -2.51. The minimum atomic E-state index is -4.72. The largest absolute Gasteiger partial charge is 0.486 e. The minimum Gasteiger partial charge on any atom is -0.339 e. The van der Waals surface area contributed by atoms with Gasteiger partial charge in [0.05, 0.1) is 0 Å². The van der Waals surface area contributed by atoms with Gasteiger partial charge >= 0.3 is 6.30 Å². The lowest BCUT2D eigenvalue weighted by molar-refractivity contribution is -0.232. The zero-order valence-electron chi connectivity index (χ0n) is 18.4. The third-order valence-electron chi connectivity index (χ3n) is 6.64. The minimum absolute atomic E-state index is 0.0146. The molecule has 7 nitrogen and oxygen atoms in total. The van der Waals surface area contributed by atoms with Gasteiger partial charge in [0.2, 0.25) is 5.91 Å². The molecule has 1 aliphatic carbocycles. The van der Waals surface area contributed by atoms with E-state index in [0.29, 0.717) is 24.9 Å². The molecule has 0 aromatic heterocycles. The highest BCUT2D eigenvalue weighted by atomic mass is 19.4. The number of amides is 2. The van der Waals surface area contributed by atoms with E-state index in [1.807, 2.05) is 4.90 Å². The summed E-state index contributed by atoms with van der Waals surface area (Å²) in [6.07, 6.45) is 2.90. The standard InChI is InChI=1S/C21H32F3N5O2/c1-4-5-14-12-15(27(2)3)6-7-17(14)28-11-9-16(20(28)31)26-19(30)18-8-10-25-13-29(18)21(22,23)24/h8,10,14-17H,4-7,9,11-13H2,1-3H3,(H,26,30)/t14-,15-,16+,17+/m1/s1. The van der Waals surface area contributed by atoms with Crippen LogP contribution in [0, 0.1) is 5.92 Å². The molecule has 1 saturated carbocycles. The quantitative estimate of drug-likeness (QED) is 0.640. The van der Waals surface area contributed by atoms with Crippen molar-refractivity contribution >= 4 is 18.0 Å². The highest BCUT2D eigenvalue weighted by Crippen LogP contribution is 2.35. The maximum atomic E-state index is 13.2. The third kappa shape index (κ3) is 5.22. The van der Waals surface area contributed by atoms with E-state index in [9.17, 15) is 22.8 Å². The predicted octanol–water partition coefficient (Wildman–Crippen LogP) is 2.35. The first-order chi connectivity index (χ1) is 14.6. The van der Waals surface area contributed by atoms with Crippen LogP contribution >= 0.6 is 0 Å². The third-order valence-corrected chi connectivity index (χ3v) is 6.64. The van der Waals surface area contributed by atoms with E-state index in [-0.39, 0.29) is 16.8 Å². The van der Waals surface area contributed by atoms with E-state index < -0.39 is 30.6 Å². The van der Waals surface area contributed by atoms with Crippen molar-refractivity contribution in [2.75, 3.05) is 27.3 Å². The lowest BCUT2D eigenvalue weighted by Gasteiger charge is -2.43. The summed E-state index contributed by atoms with van der Waals surface area (Å²) in [6, 6.07) is -0.177. The second-order valence-electron chi connectivity index (χ2n) is 8.81. The molecule has 0 aromatic rings. The van der Waals surface area contributed by atoms with Crippen LogP contribution in [-0.2, 0) is 9.59 Å². The average molecular weight is 444 g/mol. The maximum Gasteiger partial charge on any atom is 0.486 e. The van der Waals surface area contributed by atoms with Crippen LogP contribution in [-0.4, -0.2) is 84.5 Å². The van der Waals surface area contributed by atoms with Crippen molar-refractivity contribution in [3.05, 3.63) is 11.8 Å². The number of likely N-dealkylation sites (tertiary alicyclic amines) is 1. The Morgan fingerprint density at radius 3 is 2.68 bits per heavy atom. The monoisotopic (exact) mass is 443 g/mol. The van der Waals surface area contributed by atoms with Gasteiger partial charge in [-0.05, 0) is 58.2 Å². The van der Waals surface area contributed by atoms with Crippen LogP contribution in [0.3, 0.4) is 0 Å². The van der Waals surface area contributed by atoms with E-state index in [0.717, 1.165) is 38.2 Å². The van der Waals surface area contributed by atoms with Crippen LogP contribution in [0.4, 0.5) is 13.2 Å². The van der Waals surface area contributed by atoms with Crippen molar-refractivity contribution in [2.24, 2.45) is 10.9 Å². The Labute approximate surface area is 181 Å². The Hall–Kier alpha value is -2.10. The second kappa shape index (κ2) is 9.58. The molecule has 2 fully saturated rings. The second-order valence-corrected chi connectivity index (χ2v) is 8.81. The molecule has 0 spiro atoms. The Morgan fingerprint density at radius 1 is 1.29 bits per heavy atom. The molecule has 174 valence electrons. The van der Waals surface area contributed by atoms with E-state index >= 15 is 0 Å². The fraction of sp³-hybridized carbons (Fsp3) is 0.762. The average Bonchev–Trinajstić information content (AvgIpc) is 3.07. The topological polar surface area (TPSA) is 68.2 Å². The van der Waals surface area contributed by atoms with Crippen LogP contribution in [0.25, 0.3) is 0 Å². The van der Waals surface area contributed by atoms with E-state index in [2.05, 4.69) is 36.2 Å². The van der Waals surface area contributed by atoms with Gasteiger partial charge < -0.3 is 15.1 Å². The van der Waals surface area contributed by atoms with Gasteiger partial charge in [-0.15, -0.1) is 0 Å². The molecule has 1 N–H and O–H groups in total. The molecule has 2 heterocycles. The van der Waals surface area contributed by atoms with Gasteiger partial charge in [-0.1, -0.05) is 13.3 Å². The first-order valence-corrected chi connectivity index (χ1v) is 11.0. The number of halogens is 3. The Kier molecular flexibility index (Phi) is 7.28. The fourth-order valence-electron chi connectivity index (χ4n) is 5.01. The van der Waals surface area contributed by atoms with Gasteiger partial charge in [0, 0.05) is 24.8 Å². The summed E-state index contributed by atoms with van der Waals surface area (Å²) in [7, 11) is 4.16. The van der Waals surface area contributed by atoms with Crippen molar-refractivity contribution in [1.29, 1.82) is 0 Å². The molecule has 3 aliphatic rings. The number of nitrogens with zero attached hydrogens (tertiary/aromatic N) is 4. The molecule has 1 saturated heterocycles. The summed E-state index contributed by atoms with van der Waals surface area (Å²) in [5.41, 5.74) is -0.538. The highest BCUT2D eigenvalue weighted by molar-refractivity contribution is 6.00. The Morgan fingerprint density at radius 2 is 2.03 bits per heavy atom. The van der Waals surface area contributed by atoms with Gasteiger partial charge in [-0.2, -0.15) is 13.2 Å². The number of hydrogen-bond donors (Lipinski definition) is 1. The summed E-state index contributed by atoms with van der Waals surface area (Å²) in [5, 5.41) is 2.53. The summed E-state index contributed by atoms with van der Waals surface area (Å²) in [5.74, 6) is -0.695. The number of nitrogens with one attached hydrogen (secondary N) is 1. The van der Waals surface area contributed by atoms with Crippen LogP contribution in [0.2, 0.25) is 0 Å². The zero-order valence-corrected chi connectivity index (χ0v) is 18.4. The predicted molar refractivity (Wildman–Crippen MR) is 111 cm³/mol. The summed E-state index contributed by atoms with van der Waals surface area (Å²) >= 11 is 0. The molecule has 3 rings (SSSR count). The van der Waals surface area contributed by atoms with Crippen LogP contribution < -0.4 is 5.32 Å². The van der Waals surface area contributed by atoms with E-state index in [1.165, 1.54) is 6.21 Å². The molecule has 0 bridgehead atoms. The maximum absolute atomic E-state index is 13.2. The Balaban J connectivity index is 1.66. The number of carbonyl (C=O) groups excluding carboxylic acids is 2. The van der Waals surface area contributed by atoms with Crippen LogP contribution in [0.5, 0.6) is 0 Å². The number of aliphatic imine (C=N–C) groups is 1. The van der Waals surface area contributed by atoms with Crippen LogP contribution in [0.1, 0.15) is 45.4 Å². The van der Waals surface area contributed by atoms with Gasteiger partial charge in [-0.25, -0.2) is 0 Å². The number of rotatable bonds is 6. The normalized spacial score (nSPS) is 29.5. The van der Waals surface area contributed by atoms with Crippen molar-refractivity contribution in [3.8, 4) is 0 Å². The molecule has 0 unspecified atom stereocenters.